The van der Waals surface area contributed by atoms with E-state index >= 15 is 0 Å². The molecule has 0 saturated heterocycles. The number of carbonyl (C=O) groups is 1. The van der Waals surface area contributed by atoms with Crippen molar-refractivity contribution in [1.29, 1.82) is 0 Å². The van der Waals surface area contributed by atoms with Crippen molar-refractivity contribution in [1.82, 2.24) is 5.32 Å². The SMILES string of the molecule is O=C(NC[C@@H](O)c1ccccc1)c1ccc(Cl)cc1F. The van der Waals surface area contributed by atoms with Gasteiger partial charge >= 0.3 is 0 Å². The minimum Gasteiger partial charge on any atom is -0.387 e. The molecule has 0 bridgehead atoms. The van der Waals surface area contributed by atoms with Crippen LogP contribution in [0.15, 0.2) is 48.5 Å². The van der Waals surface area contributed by atoms with Gasteiger partial charge in [-0.2, -0.15) is 0 Å². The summed E-state index contributed by atoms with van der Waals surface area (Å²) in [6.07, 6.45) is -0.837. The molecule has 3 nitrogen and oxygen atoms in total. The van der Waals surface area contributed by atoms with Crippen LogP contribution in [-0.4, -0.2) is 17.6 Å². The summed E-state index contributed by atoms with van der Waals surface area (Å²) in [5.74, 6) is -1.28. The highest BCUT2D eigenvalue weighted by Crippen LogP contribution is 2.15. The number of hydrogen-bond donors (Lipinski definition) is 2. The molecule has 0 aliphatic heterocycles. The van der Waals surface area contributed by atoms with Gasteiger partial charge in [-0.3, -0.25) is 4.79 Å². The Hall–Kier alpha value is -1.91. The largest absolute Gasteiger partial charge is 0.387 e. The van der Waals surface area contributed by atoms with Gasteiger partial charge in [0, 0.05) is 11.6 Å². The number of benzene rings is 2. The van der Waals surface area contributed by atoms with Gasteiger partial charge in [-0.15, -0.1) is 0 Å². The monoisotopic (exact) mass is 293 g/mol. The zero-order valence-corrected chi connectivity index (χ0v) is 11.3. The maximum atomic E-state index is 13.5. The van der Waals surface area contributed by atoms with Crippen molar-refractivity contribution in [2.45, 2.75) is 6.10 Å². The average molecular weight is 294 g/mol. The summed E-state index contributed by atoms with van der Waals surface area (Å²) in [7, 11) is 0. The molecule has 1 amide bonds. The van der Waals surface area contributed by atoms with E-state index in [0.717, 1.165) is 6.07 Å². The second kappa shape index (κ2) is 6.50. The van der Waals surface area contributed by atoms with E-state index in [9.17, 15) is 14.3 Å². The molecule has 0 heterocycles. The fraction of sp³-hybridized carbons (Fsp3) is 0.133. The van der Waals surface area contributed by atoms with Crippen molar-refractivity contribution in [3.63, 3.8) is 0 Å². The van der Waals surface area contributed by atoms with Crippen LogP contribution in [-0.2, 0) is 0 Å². The summed E-state index contributed by atoms with van der Waals surface area (Å²) >= 11 is 5.62. The Bertz CT molecular complexity index is 604. The van der Waals surface area contributed by atoms with Crippen molar-refractivity contribution in [3.8, 4) is 0 Å². The van der Waals surface area contributed by atoms with Gasteiger partial charge in [0.15, 0.2) is 0 Å². The quantitative estimate of drug-likeness (QED) is 0.910. The number of hydrogen-bond acceptors (Lipinski definition) is 2. The molecule has 0 aromatic heterocycles. The Labute approximate surface area is 121 Å². The Kier molecular flexibility index (Phi) is 4.71. The zero-order chi connectivity index (χ0) is 14.5. The van der Waals surface area contributed by atoms with Gasteiger partial charge in [0.2, 0.25) is 0 Å². The molecular weight excluding hydrogens is 281 g/mol. The summed E-state index contributed by atoms with van der Waals surface area (Å²) in [5.41, 5.74) is 0.582. The van der Waals surface area contributed by atoms with Crippen LogP contribution in [0.25, 0.3) is 0 Å². The maximum absolute atomic E-state index is 13.5. The van der Waals surface area contributed by atoms with Gasteiger partial charge < -0.3 is 10.4 Å². The fourth-order valence-corrected chi connectivity index (χ4v) is 1.91. The topological polar surface area (TPSA) is 49.3 Å². The molecule has 0 aliphatic carbocycles. The summed E-state index contributed by atoms with van der Waals surface area (Å²) in [6.45, 7) is 0.00487. The number of carbonyl (C=O) groups excluding carboxylic acids is 1. The number of aliphatic hydroxyl groups excluding tert-OH is 1. The first-order valence-electron chi connectivity index (χ1n) is 6.04. The van der Waals surface area contributed by atoms with Gasteiger partial charge in [0.05, 0.1) is 11.7 Å². The molecule has 0 radical (unpaired) electrons. The maximum Gasteiger partial charge on any atom is 0.254 e. The van der Waals surface area contributed by atoms with Crippen LogP contribution in [0.2, 0.25) is 5.02 Å². The summed E-state index contributed by atoms with van der Waals surface area (Å²) in [4.78, 5) is 11.8. The zero-order valence-electron chi connectivity index (χ0n) is 10.5. The lowest BCUT2D eigenvalue weighted by Gasteiger charge is -2.12. The second-order valence-corrected chi connectivity index (χ2v) is 4.70. The molecule has 104 valence electrons. The van der Waals surface area contributed by atoms with Crippen molar-refractivity contribution >= 4 is 17.5 Å². The highest BCUT2D eigenvalue weighted by atomic mass is 35.5. The van der Waals surface area contributed by atoms with E-state index in [1.54, 1.807) is 24.3 Å². The smallest absolute Gasteiger partial charge is 0.254 e. The van der Waals surface area contributed by atoms with Gasteiger partial charge in [-0.1, -0.05) is 41.9 Å². The first kappa shape index (κ1) is 14.5. The molecule has 2 aromatic rings. The highest BCUT2D eigenvalue weighted by Gasteiger charge is 2.14. The van der Waals surface area contributed by atoms with Crippen LogP contribution in [0.3, 0.4) is 0 Å². The predicted octanol–water partition coefficient (Wildman–Crippen LogP) is 2.94. The van der Waals surface area contributed by atoms with Crippen LogP contribution in [0.4, 0.5) is 4.39 Å². The third kappa shape index (κ3) is 3.56. The van der Waals surface area contributed by atoms with Gasteiger partial charge in [0.1, 0.15) is 5.82 Å². The third-order valence-corrected chi connectivity index (χ3v) is 3.05. The van der Waals surface area contributed by atoms with Crippen LogP contribution < -0.4 is 5.32 Å². The molecule has 2 N–H and O–H groups in total. The third-order valence-electron chi connectivity index (χ3n) is 2.82. The van der Waals surface area contributed by atoms with Gasteiger partial charge in [0.25, 0.3) is 5.91 Å². The molecule has 20 heavy (non-hydrogen) atoms. The number of amides is 1. The summed E-state index contributed by atoms with van der Waals surface area (Å²) in [5, 5.41) is 12.6. The van der Waals surface area contributed by atoms with Crippen LogP contribution in [0.1, 0.15) is 22.0 Å². The van der Waals surface area contributed by atoms with E-state index in [1.165, 1.54) is 12.1 Å². The van der Waals surface area contributed by atoms with Crippen LogP contribution in [0, 0.1) is 5.82 Å². The summed E-state index contributed by atoms with van der Waals surface area (Å²) in [6, 6.07) is 12.7. The number of halogens is 2. The lowest BCUT2D eigenvalue weighted by Crippen LogP contribution is -2.29. The van der Waals surface area contributed by atoms with E-state index in [-0.39, 0.29) is 17.1 Å². The first-order chi connectivity index (χ1) is 9.58. The summed E-state index contributed by atoms with van der Waals surface area (Å²) < 4.78 is 13.5. The Morgan fingerprint density at radius 1 is 1.25 bits per heavy atom. The Balaban J connectivity index is 1.99. The predicted molar refractivity (Wildman–Crippen MR) is 75.1 cm³/mol. The van der Waals surface area contributed by atoms with E-state index in [2.05, 4.69) is 5.32 Å². The molecule has 2 aromatic carbocycles. The van der Waals surface area contributed by atoms with E-state index < -0.39 is 17.8 Å². The van der Waals surface area contributed by atoms with Crippen LogP contribution in [0.5, 0.6) is 0 Å². The lowest BCUT2D eigenvalue weighted by molar-refractivity contribution is 0.0912. The highest BCUT2D eigenvalue weighted by molar-refractivity contribution is 6.30. The second-order valence-electron chi connectivity index (χ2n) is 4.26. The molecule has 0 unspecified atom stereocenters. The lowest BCUT2D eigenvalue weighted by atomic mass is 10.1. The number of nitrogens with one attached hydrogen (secondary N) is 1. The molecule has 0 aliphatic rings. The molecule has 2 rings (SSSR count). The number of rotatable bonds is 4. The van der Waals surface area contributed by atoms with Crippen LogP contribution >= 0.6 is 11.6 Å². The normalized spacial score (nSPS) is 11.9. The Morgan fingerprint density at radius 3 is 2.60 bits per heavy atom. The van der Waals surface area contributed by atoms with E-state index in [0.29, 0.717) is 5.56 Å². The van der Waals surface area contributed by atoms with Crippen molar-refractivity contribution in [2.24, 2.45) is 0 Å². The molecule has 0 spiro atoms. The first-order valence-corrected chi connectivity index (χ1v) is 6.42. The van der Waals surface area contributed by atoms with Gasteiger partial charge in [-0.25, -0.2) is 4.39 Å². The van der Waals surface area contributed by atoms with Gasteiger partial charge in [-0.05, 0) is 23.8 Å². The number of aliphatic hydroxyl groups is 1. The average Bonchev–Trinajstić information content (AvgIpc) is 2.45. The fourth-order valence-electron chi connectivity index (χ4n) is 1.75. The molecule has 0 saturated carbocycles. The minimum atomic E-state index is -0.837. The van der Waals surface area contributed by atoms with Crippen molar-refractivity contribution in [2.75, 3.05) is 6.54 Å². The molecular formula is C15H13ClFNO2. The standard InChI is InChI=1S/C15H13ClFNO2/c16-11-6-7-12(13(17)8-11)15(20)18-9-14(19)10-4-2-1-3-5-10/h1-8,14,19H,9H2,(H,18,20)/t14-/m1/s1. The van der Waals surface area contributed by atoms with Crippen molar-refractivity contribution in [3.05, 3.63) is 70.5 Å². The molecule has 0 fully saturated rings. The van der Waals surface area contributed by atoms with E-state index in [1.807, 2.05) is 6.07 Å². The van der Waals surface area contributed by atoms with Crippen molar-refractivity contribution < 1.29 is 14.3 Å². The molecule has 5 heteroatoms. The molecule has 1 atom stereocenters. The Morgan fingerprint density at radius 2 is 1.95 bits per heavy atom. The van der Waals surface area contributed by atoms with E-state index in [4.69, 9.17) is 11.6 Å². The minimum absolute atomic E-state index is 0.00487.